The molecule has 116 valence electrons. The SMILES string of the molecule is Nc1ccc(NC(=O)COC2CCOC2)cc1C(F)(F)F. The fraction of sp³-hybridized carbons (Fsp3) is 0.462. The molecule has 1 fully saturated rings. The maximum absolute atomic E-state index is 12.7. The van der Waals surface area contributed by atoms with Gasteiger partial charge in [0.2, 0.25) is 5.91 Å². The first-order chi connectivity index (χ1) is 9.86. The number of amides is 1. The van der Waals surface area contributed by atoms with Crippen LogP contribution in [0.25, 0.3) is 0 Å². The summed E-state index contributed by atoms with van der Waals surface area (Å²) in [6.07, 6.45) is -4.01. The average Bonchev–Trinajstić information content (AvgIpc) is 2.90. The van der Waals surface area contributed by atoms with Gasteiger partial charge in [-0.1, -0.05) is 0 Å². The summed E-state index contributed by atoms with van der Waals surface area (Å²) < 4.78 is 48.4. The van der Waals surface area contributed by atoms with Gasteiger partial charge < -0.3 is 20.5 Å². The van der Waals surface area contributed by atoms with Gasteiger partial charge in [-0.3, -0.25) is 4.79 Å². The smallest absolute Gasteiger partial charge is 0.398 e. The Balaban J connectivity index is 1.94. The van der Waals surface area contributed by atoms with Crippen LogP contribution in [0.15, 0.2) is 18.2 Å². The molecule has 21 heavy (non-hydrogen) atoms. The van der Waals surface area contributed by atoms with Crippen molar-refractivity contribution >= 4 is 17.3 Å². The number of nitrogen functional groups attached to an aromatic ring is 1. The van der Waals surface area contributed by atoms with E-state index in [0.29, 0.717) is 19.6 Å². The van der Waals surface area contributed by atoms with Gasteiger partial charge in [0.1, 0.15) is 6.61 Å². The number of nitrogens with two attached hydrogens (primary N) is 1. The van der Waals surface area contributed by atoms with Gasteiger partial charge in [-0.05, 0) is 24.6 Å². The molecule has 0 radical (unpaired) electrons. The molecule has 1 aliphatic heterocycles. The number of nitrogens with one attached hydrogen (secondary N) is 1. The molecule has 1 aliphatic rings. The number of alkyl halides is 3. The zero-order valence-electron chi connectivity index (χ0n) is 11.1. The van der Waals surface area contributed by atoms with Crippen molar-refractivity contribution in [2.24, 2.45) is 0 Å². The topological polar surface area (TPSA) is 73.6 Å². The number of hydrogen-bond donors (Lipinski definition) is 2. The maximum atomic E-state index is 12.7. The van der Waals surface area contributed by atoms with Crippen LogP contribution in [0.3, 0.4) is 0 Å². The highest BCUT2D eigenvalue weighted by Gasteiger charge is 2.33. The van der Waals surface area contributed by atoms with E-state index < -0.39 is 17.6 Å². The first-order valence-corrected chi connectivity index (χ1v) is 6.32. The summed E-state index contributed by atoms with van der Waals surface area (Å²) in [5, 5.41) is 2.35. The molecule has 0 saturated carbocycles. The Labute approximate surface area is 119 Å². The van der Waals surface area contributed by atoms with Crippen molar-refractivity contribution in [2.75, 3.05) is 30.9 Å². The third kappa shape index (κ3) is 4.33. The van der Waals surface area contributed by atoms with Crippen LogP contribution in [0.5, 0.6) is 0 Å². The summed E-state index contributed by atoms with van der Waals surface area (Å²) in [6, 6.07) is 3.21. The molecule has 0 aromatic heterocycles. The summed E-state index contributed by atoms with van der Waals surface area (Å²) in [6.45, 7) is 0.770. The highest BCUT2D eigenvalue weighted by atomic mass is 19.4. The normalized spacial score (nSPS) is 18.7. The molecular weight excluding hydrogens is 289 g/mol. The molecule has 8 heteroatoms. The first-order valence-electron chi connectivity index (χ1n) is 6.32. The molecule has 1 aromatic rings. The van der Waals surface area contributed by atoms with E-state index in [1.54, 1.807) is 0 Å². The lowest BCUT2D eigenvalue weighted by molar-refractivity contribution is -0.137. The molecule has 1 amide bonds. The van der Waals surface area contributed by atoms with Crippen molar-refractivity contribution in [3.05, 3.63) is 23.8 Å². The highest BCUT2D eigenvalue weighted by Crippen LogP contribution is 2.35. The minimum Gasteiger partial charge on any atom is -0.398 e. The van der Waals surface area contributed by atoms with Crippen LogP contribution in [-0.4, -0.2) is 31.8 Å². The summed E-state index contributed by atoms with van der Waals surface area (Å²) in [5.41, 5.74) is 3.93. The highest BCUT2D eigenvalue weighted by molar-refractivity contribution is 5.92. The second kappa shape index (κ2) is 6.31. The van der Waals surface area contributed by atoms with E-state index in [9.17, 15) is 18.0 Å². The monoisotopic (exact) mass is 304 g/mol. The van der Waals surface area contributed by atoms with E-state index >= 15 is 0 Å². The van der Waals surface area contributed by atoms with Crippen LogP contribution < -0.4 is 11.1 Å². The van der Waals surface area contributed by atoms with E-state index in [4.69, 9.17) is 15.2 Å². The standard InChI is InChI=1S/C13H15F3N2O3/c14-13(15,16)10-5-8(1-2-11(10)17)18-12(19)7-21-9-3-4-20-6-9/h1-2,5,9H,3-4,6-7,17H2,(H,18,19). The molecule has 0 spiro atoms. The second-order valence-electron chi connectivity index (χ2n) is 4.64. The number of anilines is 2. The lowest BCUT2D eigenvalue weighted by Gasteiger charge is -2.13. The van der Waals surface area contributed by atoms with Gasteiger partial charge in [-0.25, -0.2) is 0 Å². The predicted octanol–water partition coefficient (Wildman–Crippen LogP) is 2.03. The number of hydrogen-bond acceptors (Lipinski definition) is 4. The molecule has 1 aromatic carbocycles. The van der Waals surface area contributed by atoms with Crippen molar-refractivity contribution in [3.8, 4) is 0 Å². The summed E-state index contributed by atoms with van der Waals surface area (Å²) >= 11 is 0. The Bertz CT molecular complexity index is 514. The van der Waals surface area contributed by atoms with Gasteiger partial charge in [-0.15, -0.1) is 0 Å². The zero-order chi connectivity index (χ0) is 15.5. The Morgan fingerprint density at radius 3 is 2.86 bits per heavy atom. The third-order valence-electron chi connectivity index (χ3n) is 2.98. The average molecular weight is 304 g/mol. The van der Waals surface area contributed by atoms with Crippen LogP contribution in [-0.2, 0) is 20.4 Å². The number of halogens is 3. The van der Waals surface area contributed by atoms with Crippen molar-refractivity contribution < 1.29 is 27.4 Å². The van der Waals surface area contributed by atoms with Crippen molar-refractivity contribution in [2.45, 2.75) is 18.7 Å². The first kappa shape index (κ1) is 15.6. The molecule has 3 N–H and O–H groups in total. The Kier molecular flexibility index (Phi) is 4.69. The van der Waals surface area contributed by atoms with E-state index in [2.05, 4.69) is 5.32 Å². The number of benzene rings is 1. The number of rotatable bonds is 4. The van der Waals surface area contributed by atoms with Gasteiger partial charge in [-0.2, -0.15) is 13.2 Å². The molecular formula is C13H15F3N2O3. The summed E-state index contributed by atoms with van der Waals surface area (Å²) in [7, 11) is 0. The van der Waals surface area contributed by atoms with Crippen LogP contribution >= 0.6 is 0 Å². The van der Waals surface area contributed by atoms with Gasteiger partial charge in [0.25, 0.3) is 0 Å². The number of carbonyl (C=O) groups is 1. The van der Waals surface area contributed by atoms with Crippen molar-refractivity contribution in [3.63, 3.8) is 0 Å². The maximum Gasteiger partial charge on any atom is 0.418 e. The summed E-state index contributed by atoms with van der Waals surface area (Å²) in [4.78, 5) is 11.6. The molecule has 2 rings (SSSR count). The Morgan fingerprint density at radius 1 is 1.48 bits per heavy atom. The largest absolute Gasteiger partial charge is 0.418 e. The van der Waals surface area contributed by atoms with E-state index in [0.717, 1.165) is 12.1 Å². The van der Waals surface area contributed by atoms with E-state index in [1.165, 1.54) is 6.07 Å². The van der Waals surface area contributed by atoms with Gasteiger partial charge >= 0.3 is 6.18 Å². The van der Waals surface area contributed by atoms with Crippen molar-refractivity contribution in [1.82, 2.24) is 0 Å². The second-order valence-corrected chi connectivity index (χ2v) is 4.64. The predicted molar refractivity (Wildman–Crippen MR) is 69.7 cm³/mol. The van der Waals surface area contributed by atoms with Gasteiger partial charge in [0.15, 0.2) is 0 Å². The lowest BCUT2D eigenvalue weighted by Crippen LogP contribution is -2.23. The summed E-state index contributed by atoms with van der Waals surface area (Å²) in [5.74, 6) is -0.528. The molecule has 5 nitrogen and oxygen atoms in total. The molecule has 1 heterocycles. The van der Waals surface area contributed by atoms with Gasteiger partial charge in [0, 0.05) is 18.0 Å². The van der Waals surface area contributed by atoms with Crippen LogP contribution in [0.4, 0.5) is 24.5 Å². The number of carbonyl (C=O) groups excluding carboxylic acids is 1. The molecule has 0 aliphatic carbocycles. The van der Waals surface area contributed by atoms with Gasteiger partial charge in [0.05, 0.1) is 18.3 Å². The quantitative estimate of drug-likeness (QED) is 0.835. The molecule has 1 atom stereocenters. The van der Waals surface area contributed by atoms with Crippen LogP contribution in [0.1, 0.15) is 12.0 Å². The van der Waals surface area contributed by atoms with E-state index in [-0.39, 0.29) is 24.1 Å². The molecule has 1 unspecified atom stereocenters. The third-order valence-corrected chi connectivity index (χ3v) is 2.98. The molecule has 1 saturated heterocycles. The lowest BCUT2D eigenvalue weighted by atomic mass is 10.1. The molecule has 0 bridgehead atoms. The van der Waals surface area contributed by atoms with E-state index in [1.807, 2.05) is 0 Å². The Hall–Kier alpha value is -1.80. The minimum absolute atomic E-state index is 0.0211. The fourth-order valence-corrected chi connectivity index (χ4v) is 1.91. The van der Waals surface area contributed by atoms with Crippen LogP contribution in [0, 0.1) is 0 Å². The Morgan fingerprint density at radius 2 is 2.24 bits per heavy atom. The number of ether oxygens (including phenoxy) is 2. The van der Waals surface area contributed by atoms with Crippen molar-refractivity contribution in [1.29, 1.82) is 0 Å². The minimum atomic E-state index is -4.57. The zero-order valence-corrected chi connectivity index (χ0v) is 11.1. The van der Waals surface area contributed by atoms with Crippen LogP contribution in [0.2, 0.25) is 0 Å². The fourth-order valence-electron chi connectivity index (χ4n) is 1.91.